The minimum atomic E-state index is -3.91. The van der Waals surface area contributed by atoms with Crippen molar-refractivity contribution in [3.8, 4) is 0 Å². The van der Waals surface area contributed by atoms with Gasteiger partial charge < -0.3 is 9.64 Å². The maximum Gasteiger partial charge on any atom is 0.437 e. The highest BCUT2D eigenvalue weighted by molar-refractivity contribution is 5.98. The number of morpholine rings is 1. The molecule has 154 valence electrons. The number of nitrogens with zero attached hydrogens (tertiary/aromatic N) is 3. The predicted octanol–water partition coefficient (Wildman–Crippen LogP) is 3.52. The van der Waals surface area contributed by atoms with E-state index in [1.54, 1.807) is 12.4 Å². The molecule has 8 heteroatoms. The lowest BCUT2D eigenvalue weighted by Gasteiger charge is -2.48. The Bertz CT molecular complexity index is 896. The van der Waals surface area contributed by atoms with E-state index >= 15 is 0 Å². The fourth-order valence-corrected chi connectivity index (χ4v) is 4.04. The van der Waals surface area contributed by atoms with Gasteiger partial charge in [0.15, 0.2) is 0 Å². The van der Waals surface area contributed by atoms with Crippen LogP contribution in [0.2, 0.25) is 0 Å². The third kappa shape index (κ3) is 4.13. The summed E-state index contributed by atoms with van der Waals surface area (Å²) in [6.45, 7) is 3.81. The topological polar surface area (TPSA) is 45.7 Å². The molecule has 2 fully saturated rings. The van der Waals surface area contributed by atoms with Crippen molar-refractivity contribution in [2.75, 3.05) is 24.5 Å². The summed E-state index contributed by atoms with van der Waals surface area (Å²) in [5.74, 6) is -1.90. The summed E-state index contributed by atoms with van der Waals surface area (Å²) < 4.78 is 47.1. The highest BCUT2D eigenvalue weighted by Crippen LogP contribution is 2.40. The average molecular weight is 405 g/mol. The van der Waals surface area contributed by atoms with E-state index in [1.165, 1.54) is 12.1 Å². The van der Waals surface area contributed by atoms with Gasteiger partial charge in [0, 0.05) is 37.7 Å². The minimum absolute atomic E-state index is 0.0207. The van der Waals surface area contributed by atoms with Crippen LogP contribution in [0.3, 0.4) is 0 Å². The van der Waals surface area contributed by atoms with Gasteiger partial charge in [-0.2, -0.15) is 8.78 Å². The van der Waals surface area contributed by atoms with E-state index in [0.717, 1.165) is 28.2 Å². The molecule has 0 radical (unpaired) electrons. The zero-order valence-corrected chi connectivity index (χ0v) is 16.1. The largest absolute Gasteiger partial charge is 0.437 e. The van der Waals surface area contributed by atoms with E-state index in [-0.39, 0.29) is 12.2 Å². The van der Waals surface area contributed by atoms with Crippen molar-refractivity contribution in [3.63, 3.8) is 0 Å². The van der Waals surface area contributed by atoms with Crippen LogP contribution < -0.4 is 4.90 Å². The first-order chi connectivity index (χ1) is 13.8. The number of piperidine rings is 1. The van der Waals surface area contributed by atoms with E-state index < -0.39 is 23.4 Å². The molecular weight excluding hydrogens is 383 g/mol. The van der Waals surface area contributed by atoms with Crippen LogP contribution in [0.5, 0.6) is 0 Å². The van der Waals surface area contributed by atoms with Crippen molar-refractivity contribution in [1.29, 1.82) is 0 Å². The third-order valence-electron chi connectivity index (χ3n) is 5.53. The molecule has 29 heavy (non-hydrogen) atoms. The molecule has 2 saturated heterocycles. The number of hydrogen-bond donors (Lipinski definition) is 0. The molecule has 0 aliphatic carbocycles. The summed E-state index contributed by atoms with van der Waals surface area (Å²) >= 11 is 0. The first kappa shape index (κ1) is 19.8. The van der Waals surface area contributed by atoms with E-state index in [9.17, 15) is 18.0 Å². The Morgan fingerprint density at radius 2 is 1.83 bits per heavy atom. The van der Waals surface area contributed by atoms with Gasteiger partial charge in [-0.15, -0.1) is 0 Å². The van der Waals surface area contributed by atoms with Crippen molar-refractivity contribution >= 4 is 11.6 Å². The van der Waals surface area contributed by atoms with Crippen LogP contribution in [0.1, 0.15) is 24.0 Å². The van der Waals surface area contributed by atoms with Crippen molar-refractivity contribution in [2.45, 2.75) is 38.0 Å². The number of hydrogen-bond acceptors (Lipinski definition) is 4. The average Bonchev–Trinajstić information content (AvgIpc) is 2.67. The number of pyridine rings is 1. The Kier molecular flexibility index (Phi) is 5.08. The van der Waals surface area contributed by atoms with Crippen LogP contribution >= 0.6 is 0 Å². The number of benzene rings is 1. The number of carbonyl (C=O) groups excluding carboxylic acids is 1. The smallest absolute Gasteiger partial charge is 0.304 e. The van der Waals surface area contributed by atoms with Gasteiger partial charge in [-0.3, -0.25) is 14.7 Å². The highest BCUT2D eigenvalue weighted by Gasteiger charge is 2.57. The molecule has 5 nitrogen and oxygen atoms in total. The standard InChI is InChI=1S/C21H22F3N3O2/c1-15-10-16(12-25-11-15)13-26-8-6-20(7-9-26)14-27(19(28)21(23,24)29-20)18-4-2-17(22)3-5-18/h2-5,10-12H,6-9,13-14H2,1H3. The second-order valence-corrected chi connectivity index (χ2v) is 7.82. The van der Waals surface area contributed by atoms with Gasteiger partial charge in [0.05, 0.1) is 12.1 Å². The van der Waals surface area contributed by atoms with Gasteiger partial charge >= 0.3 is 12.0 Å². The molecule has 3 heterocycles. The number of amides is 1. The molecule has 4 rings (SSSR count). The maximum atomic E-state index is 14.4. The molecule has 1 aromatic carbocycles. The molecular formula is C21H22F3N3O2. The first-order valence-corrected chi connectivity index (χ1v) is 9.55. The predicted molar refractivity (Wildman–Crippen MR) is 101 cm³/mol. The van der Waals surface area contributed by atoms with Gasteiger partial charge in [-0.1, -0.05) is 6.07 Å². The van der Waals surface area contributed by atoms with Gasteiger partial charge in [-0.05, 0) is 55.2 Å². The van der Waals surface area contributed by atoms with Crippen LogP contribution in [0, 0.1) is 12.7 Å². The lowest BCUT2D eigenvalue weighted by atomic mass is 9.88. The Labute approximate surface area is 167 Å². The van der Waals surface area contributed by atoms with Crippen LogP contribution in [0.4, 0.5) is 18.9 Å². The fraction of sp³-hybridized carbons (Fsp3) is 0.429. The van der Waals surface area contributed by atoms with Gasteiger partial charge in [-0.25, -0.2) is 4.39 Å². The summed E-state index contributed by atoms with van der Waals surface area (Å²) in [5.41, 5.74) is 1.25. The normalized spacial score (nSPS) is 21.5. The van der Waals surface area contributed by atoms with Gasteiger partial charge in [0.25, 0.3) is 0 Å². The van der Waals surface area contributed by atoms with Crippen molar-refractivity contribution in [1.82, 2.24) is 9.88 Å². The van der Waals surface area contributed by atoms with Crippen LogP contribution in [-0.4, -0.2) is 47.1 Å². The number of likely N-dealkylation sites (tertiary alicyclic amines) is 1. The van der Waals surface area contributed by atoms with Gasteiger partial charge in [0.1, 0.15) is 5.82 Å². The van der Waals surface area contributed by atoms with Crippen LogP contribution in [0.15, 0.2) is 42.7 Å². The second-order valence-electron chi connectivity index (χ2n) is 7.82. The molecule has 1 spiro atoms. The summed E-state index contributed by atoms with van der Waals surface area (Å²) in [4.78, 5) is 19.6. The Morgan fingerprint density at radius 1 is 1.14 bits per heavy atom. The summed E-state index contributed by atoms with van der Waals surface area (Å²) in [7, 11) is 0. The van der Waals surface area contributed by atoms with E-state index in [4.69, 9.17) is 4.74 Å². The first-order valence-electron chi connectivity index (χ1n) is 9.55. The summed E-state index contributed by atoms with van der Waals surface area (Å²) in [5, 5.41) is 0. The van der Waals surface area contributed by atoms with Crippen LogP contribution in [-0.2, 0) is 16.1 Å². The number of aromatic nitrogens is 1. The molecule has 1 amide bonds. The number of rotatable bonds is 3. The third-order valence-corrected chi connectivity index (χ3v) is 5.53. The number of ether oxygens (including phenoxy) is 1. The van der Waals surface area contributed by atoms with E-state index in [2.05, 4.69) is 16.0 Å². The second kappa shape index (κ2) is 7.42. The molecule has 1 aromatic heterocycles. The molecule has 2 aromatic rings. The number of anilines is 1. The zero-order chi connectivity index (χ0) is 20.6. The summed E-state index contributed by atoms with van der Waals surface area (Å²) in [6, 6.07) is 7.03. The Balaban J connectivity index is 1.49. The molecule has 0 saturated carbocycles. The van der Waals surface area contributed by atoms with Crippen molar-refractivity contribution < 1.29 is 22.7 Å². The van der Waals surface area contributed by atoms with Crippen molar-refractivity contribution in [2.24, 2.45) is 0 Å². The lowest BCUT2D eigenvalue weighted by molar-refractivity contribution is -0.293. The highest BCUT2D eigenvalue weighted by atomic mass is 19.3. The zero-order valence-electron chi connectivity index (χ0n) is 16.1. The van der Waals surface area contributed by atoms with Crippen molar-refractivity contribution in [3.05, 3.63) is 59.7 Å². The van der Waals surface area contributed by atoms with Crippen LogP contribution in [0.25, 0.3) is 0 Å². The number of alkyl halides is 2. The number of halogens is 3. The van der Waals surface area contributed by atoms with E-state index in [1.807, 2.05) is 6.92 Å². The Hall–Kier alpha value is -2.45. The number of aryl methyl sites for hydroxylation is 1. The monoisotopic (exact) mass is 405 g/mol. The lowest BCUT2D eigenvalue weighted by Crippen LogP contribution is -2.64. The number of carbonyl (C=O) groups is 1. The maximum absolute atomic E-state index is 14.4. The summed E-state index contributed by atoms with van der Waals surface area (Å²) in [6.07, 6.45) is 0.417. The molecule has 0 bridgehead atoms. The van der Waals surface area contributed by atoms with E-state index in [0.29, 0.717) is 32.5 Å². The van der Waals surface area contributed by atoms with Gasteiger partial charge in [0.2, 0.25) is 0 Å². The molecule has 2 aliphatic rings. The molecule has 0 N–H and O–H groups in total. The molecule has 2 aliphatic heterocycles. The fourth-order valence-electron chi connectivity index (χ4n) is 4.04. The quantitative estimate of drug-likeness (QED) is 0.784. The minimum Gasteiger partial charge on any atom is -0.304 e. The SMILES string of the molecule is Cc1cncc(CN2CCC3(CC2)CN(c2ccc(F)cc2)C(=O)C(F)(F)O3)c1. The molecule has 0 unspecified atom stereocenters. The molecule has 0 atom stereocenters. The Morgan fingerprint density at radius 3 is 2.48 bits per heavy atom.